The highest BCUT2D eigenvalue weighted by molar-refractivity contribution is 6.31. The van der Waals surface area contributed by atoms with Crippen molar-refractivity contribution < 1.29 is 0 Å². The van der Waals surface area contributed by atoms with Gasteiger partial charge in [-0.25, -0.2) is 5.43 Å². The van der Waals surface area contributed by atoms with Crippen molar-refractivity contribution in [1.82, 2.24) is 20.2 Å². The van der Waals surface area contributed by atoms with Gasteiger partial charge in [0.15, 0.2) is 0 Å². The monoisotopic (exact) mass is 287 g/mol. The zero-order valence-corrected chi connectivity index (χ0v) is 11.7. The van der Waals surface area contributed by atoms with Crippen LogP contribution in [0.4, 0.5) is 0 Å². The van der Waals surface area contributed by atoms with Gasteiger partial charge in [-0.3, -0.25) is 15.5 Å². The Hall–Kier alpha value is -1.95. The number of aryl methyl sites for hydroxylation is 1. The highest BCUT2D eigenvalue weighted by atomic mass is 35.5. The van der Waals surface area contributed by atoms with Crippen LogP contribution in [0.3, 0.4) is 0 Å². The summed E-state index contributed by atoms with van der Waals surface area (Å²) < 4.78 is 1.72. The number of halogens is 1. The van der Waals surface area contributed by atoms with E-state index in [-0.39, 0.29) is 6.04 Å². The molecule has 3 N–H and O–H groups in total. The van der Waals surface area contributed by atoms with Crippen LogP contribution in [0.5, 0.6) is 0 Å². The molecule has 3 aromatic rings. The second kappa shape index (κ2) is 5.20. The minimum absolute atomic E-state index is 0.270. The number of nitrogens with two attached hydrogens (primary N) is 1. The molecule has 1 unspecified atom stereocenters. The Balaban J connectivity index is 2.22. The molecule has 0 aliphatic carbocycles. The van der Waals surface area contributed by atoms with Crippen molar-refractivity contribution in [2.24, 2.45) is 12.9 Å². The zero-order valence-electron chi connectivity index (χ0n) is 10.9. The normalized spacial score (nSPS) is 12.8. The van der Waals surface area contributed by atoms with Crippen LogP contribution < -0.4 is 11.3 Å². The highest BCUT2D eigenvalue weighted by Crippen LogP contribution is 2.30. The first kappa shape index (κ1) is 13.1. The third kappa shape index (κ3) is 2.06. The summed E-state index contributed by atoms with van der Waals surface area (Å²) in [5.41, 5.74) is 5.49. The molecule has 0 aliphatic rings. The number of pyridine rings is 1. The lowest BCUT2D eigenvalue weighted by atomic mass is 10.0. The van der Waals surface area contributed by atoms with Crippen LogP contribution in [0.25, 0.3) is 10.9 Å². The van der Waals surface area contributed by atoms with Gasteiger partial charge in [-0.1, -0.05) is 35.9 Å². The van der Waals surface area contributed by atoms with E-state index in [1.807, 2.05) is 37.4 Å². The van der Waals surface area contributed by atoms with Crippen LogP contribution >= 0.6 is 11.6 Å². The van der Waals surface area contributed by atoms with Crippen molar-refractivity contribution in [3.8, 4) is 0 Å². The molecular weight excluding hydrogens is 274 g/mol. The fourth-order valence-corrected chi connectivity index (χ4v) is 2.70. The summed E-state index contributed by atoms with van der Waals surface area (Å²) in [6, 6.07) is 9.65. The van der Waals surface area contributed by atoms with E-state index in [4.69, 9.17) is 17.4 Å². The number of fused-ring (bicyclic) bond motifs is 1. The molecule has 0 fully saturated rings. The van der Waals surface area contributed by atoms with E-state index in [1.54, 1.807) is 17.1 Å². The fourth-order valence-electron chi connectivity index (χ4n) is 2.42. The van der Waals surface area contributed by atoms with Gasteiger partial charge < -0.3 is 0 Å². The summed E-state index contributed by atoms with van der Waals surface area (Å²) in [7, 11) is 1.84. The van der Waals surface area contributed by atoms with Gasteiger partial charge >= 0.3 is 0 Å². The average Bonchev–Trinajstić information content (AvgIpc) is 2.81. The molecular formula is C14H14ClN5. The highest BCUT2D eigenvalue weighted by Gasteiger charge is 2.22. The van der Waals surface area contributed by atoms with Gasteiger partial charge in [-0.15, -0.1) is 0 Å². The summed E-state index contributed by atoms with van der Waals surface area (Å²) in [5.74, 6) is 5.75. The second-order valence-electron chi connectivity index (χ2n) is 4.52. The van der Waals surface area contributed by atoms with Gasteiger partial charge in [0, 0.05) is 24.2 Å². The molecule has 2 aromatic heterocycles. The van der Waals surface area contributed by atoms with Crippen LogP contribution in [-0.4, -0.2) is 14.8 Å². The van der Waals surface area contributed by atoms with Crippen molar-refractivity contribution in [2.45, 2.75) is 6.04 Å². The van der Waals surface area contributed by atoms with Crippen molar-refractivity contribution in [3.05, 3.63) is 59.0 Å². The van der Waals surface area contributed by atoms with E-state index in [0.717, 1.165) is 22.2 Å². The number of hydrogen-bond acceptors (Lipinski definition) is 4. The van der Waals surface area contributed by atoms with Crippen LogP contribution in [0.1, 0.15) is 17.3 Å². The number of nitrogens with zero attached hydrogens (tertiary/aromatic N) is 3. The van der Waals surface area contributed by atoms with Crippen molar-refractivity contribution >= 4 is 22.5 Å². The molecule has 1 aromatic carbocycles. The summed E-state index contributed by atoms with van der Waals surface area (Å²) in [5, 5.41) is 5.79. The van der Waals surface area contributed by atoms with Crippen LogP contribution in [0.15, 0.2) is 42.7 Å². The number of hydrazine groups is 1. The molecule has 1 atom stereocenters. The predicted molar refractivity (Wildman–Crippen MR) is 79.1 cm³/mol. The molecule has 6 heteroatoms. The Morgan fingerprint density at radius 1 is 1.30 bits per heavy atom. The molecule has 5 nitrogen and oxygen atoms in total. The first-order valence-corrected chi connectivity index (χ1v) is 6.57. The molecule has 3 rings (SSSR count). The SMILES string of the molecule is Cn1ncc(Cl)c1C(NN)c1cccc2cccnc12. The van der Waals surface area contributed by atoms with Gasteiger partial charge in [-0.2, -0.15) is 5.10 Å². The van der Waals surface area contributed by atoms with Crippen molar-refractivity contribution in [3.63, 3.8) is 0 Å². The number of hydrogen-bond donors (Lipinski definition) is 2. The maximum Gasteiger partial charge on any atom is 0.0914 e. The van der Waals surface area contributed by atoms with Gasteiger partial charge in [0.2, 0.25) is 0 Å². The Kier molecular flexibility index (Phi) is 3.40. The molecule has 20 heavy (non-hydrogen) atoms. The van der Waals surface area contributed by atoms with Gasteiger partial charge in [0.25, 0.3) is 0 Å². The summed E-state index contributed by atoms with van der Waals surface area (Å²) in [6.07, 6.45) is 3.38. The minimum Gasteiger partial charge on any atom is -0.271 e. The number of benzene rings is 1. The molecule has 0 saturated heterocycles. The topological polar surface area (TPSA) is 68.8 Å². The first-order chi connectivity index (χ1) is 9.72. The van der Waals surface area contributed by atoms with E-state index < -0.39 is 0 Å². The standard InChI is InChI=1S/C14H14ClN5/c1-20-14(11(15)8-18-20)13(19-16)10-6-2-4-9-5-3-7-17-12(9)10/h2-8,13,19H,16H2,1H3. The zero-order chi connectivity index (χ0) is 14.1. The Morgan fingerprint density at radius 2 is 2.10 bits per heavy atom. The summed E-state index contributed by atoms with van der Waals surface area (Å²) in [4.78, 5) is 4.45. The van der Waals surface area contributed by atoms with E-state index in [9.17, 15) is 0 Å². The maximum absolute atomic E-state index is 6.22. The van der Waals surface area contributed by atoms with Crippen molar-refractivity contribution in [1.29, 1.82) is 0 Å². The molecule has 0 bridgehead atoms. The lowest BCUT2D eigenvalue weighted by molar-refractivity contribution is 0.577. The number of rotatable bonds is 3. The van der Waals surface area contributed by atoms with E-state index in [2.05, 4.69) is 15.5 Å². The second-order valence-corrected chi connectivity index (χ2v) is 4.93. The quantitative estimate of drug-likeness (QED) is 0.572. The summed E-state index contributed by atoms with van der Waals surface area (Å²) >= 11 is 6.22. The molecule has 0 spiro atoms. The predicted octanol–water partition coefficient (Wildman–Crippen LogP) is 2.17. The van der Waals surface area contributed by atoms with E-state index in [1.165, 1.54) is 0 Å². The van der Waals surface area contributed by atoms with Crippen LogP contribution in [0.2, 0.25) is 5.02 Å². The fraction of sp³-hybridized carbons (Fsp3) is 0.143. The van der Waals surface area contributed by atoms with Gasteiger partial charge in [0.05, 0.1) is 28.5 Å². The Bertz CT molecular complexity index is 727. The third-order valence-corrected chi connectivity index (χ3v) is 3.64. The molecule has 2 heterocycles. The Labute approximate surface area is 121 Å². The number of nitrogens with one attached hydrogen (secondary N) is 1. The maximum atomic E-state index is 6.22. The smallest absolute Gasteiger partial charge is 0.0914 e. The van der Waals surface area contributed by atoms with Gasteiger partial charge in [-0.05, 0) is 6.07 Å². The Morgan fingerprint density at radius 3 is 2.80 bits per heavy atom. The lowest BCUT2D eigenvalue weighted by Gasteiger charge is -2.18. The molecule has 0 aliphatic heterocycles. The van der Waals surface area contributed by atoms with E-state index >= 15 is 0 Å². The largest absolute Gasteiger partial charge is 0.271 e. The number of para-hydroxylation sites is 1. The van der Waals surface area contributed by atoms with E-state index in [0.29, 0.717) is 5.02 Å². The molecule has 0 saturated carbocycles. The first-order valence-electron chi connectivity index (χ1n) is 6.19. The lowest BCUT2D eigenvalue weighted by Crippen LogP contribution is -2.30. The van der Waals surface area contributed by atoms with Crippen LogP contribution in [-0.2, 0) is 7.05 Å². The molecule has 0 amide bonds. The third-order valence-electron chi connectivity index (χ3n) is 3.35. The average molecular weight is 288 g/mol. The number of aromatic nitrogens is 3. The van der Waals surface area contributed by atoms with Crippen molar-refractivity contribution in [2.75, 3.05) is 0 Å². The van der Waals surface area contributed by atoms with Crippen LogP contribution in [0, 0.1) is 0 Å². The molecule has 0 radical (unpaired) electrons. The van der Waals surface area contributed by atoms with Gasteiger partial charge in [0.1, 0.15) is 0 Å². The minimum atomic E-state index is -0.270. The molecule has 102 valence electrons. The summed E-state index contributed by atoms with van der Waals surface area (Å²) in [6.45, 7) is 0.